The number of piperidine rings is 1. The molecule has 1 fully saturated rings. The van der Waals surface area contributed by atoms with Crippen molar-refractivity contribution in [2.75, 3.05) is 25.0 Å². The summed E-state index contributed by atoms with van der Waals surface area (Å²) < 4.78 is 0. The molecule has 0 spiro atoms. The fourth-order valence-electron chi connectivity index (χ4n) is 3.15. The van der Waals surface area contributed by atoms with Gasteiger partial charge in [0.15, 0.2) is 0 Å². The minimum absolute atomic E-state index is 0.135. The molecule has 1 aliphatic rings. The monoisotopic (exact) mass is 357 g/mol. The molecule has 0 aliphatic carbocycles. The van der Waals surface area contributed by atoms with Gasteiger partial charge < -0.3 is 10.6 Å². The Kier molecular flexibility index (Phi) is 6.31. The molecule has 0 bridgehead atoms. The first-order chi connectivity index (χ1) is 12.2. The van der Waals surface area contributed by atoms with E-state index in [1.165, 1.54) is 5.56 Å². The second kappa shape index (κ2) is 8.88. The van der Waals surface area contributed by atoms with Gasteiger partial charge >= 0.3 is 6.03 Å². The second-order valence-corrected chi connectivity index (χ2v) is 6.92. The molecular weight excluding hydrogens is 334 g/mol. The van der Waals surface area contributed by atoms with Gasteiger partial charge in [-0.25, -0.2) is 4.79 Å². The minimum Gasteiger partial charge on any atom is -0.338 e. The molecule has 0 saturated carbocycles. The van der Waals surface area contributed by atoms with Crippen molar-refractivity contribution in [1.82, 2.24) is 10.2 Å². The van der Waals surface area contributed by atoms with Crippen LogP contribution in [0.15, 0.2) is 54.6 Å². The van der Waals surface area contributed by atoms with E-state index in [1.54, 1.807) is 0 Å². The zero-order valence-electron chi connectivity index (χ0n) is 14.2. The van der Waals surface area contributed by atoms with Crippen LogP contribution in [0.4, 0.5) is 10.5 Å². The SMILES string of the molecule is O=C(NCC1CCN(Cc2ccccc2Cl)CC1)Nc1ccccc1. The van der Waals surface area contributed by atoms with Crippen LogP contribution < -0.4 is 10.6 Å². The molecule has 1 heterocycles. The van der Waals surface area contributed by atoms with Gasteiger partial charge in [-0.05, 0) is 55.6 Å². The van der Waals surface area contributed by atoms with Crippen molar-refractivity contribution in [3.63, 3.8) is 0 Å². The third-order valence-electron chi connectivity index (χ3n) is 4.64. The van der Waals surface area contributed by atoms with Crippen molar-refractivity contribution in [1.29, 1.82) is 0 Å². The fourth-order valence-corrected chi connectivity index (χ4v) is 3.35. The van der Waals surface area contributed by atoms with E-state index in [2.05, 4.69) is 21.6 Å². The number of nitrogens with zero attached hydrogens (tertiary/aromatic N) is 1. The van der Waals surface area contributed by atoms with Gasteiger partial charge in [-0.15, -0.1) is 0 Å². The van der Waals surface area contributed by atoms with Crippen LogP contribution in [0.25, 0.3) is 0 Å². The van der Waals surface area contributed by atoms with Crippen molar-refractivity contribution in [2.24, 2.45) is 5.92 Å². The first-order valence-corrected chi connectivity index (χ1v) is 9.14. The number of carbonyl (C=O) groups is 1. The molecule has 132 valence electrons. The van der Waals surface area contributed by atoms with E-state index < -0.39 is 0 Å². The van der Waals surface area contributed by atoms with Crippen LogP contribution >= 0.6 is 11.6 Å². The number of hydrogen-bond acceptors (Lipinski definition) is 2. The lowest BCUT2D eigenvalue weighted by molar-refractivity contribution is 0.176. The van der Waals surface area contributed by atoms with E-state index >= 15 is 0 Å². The molecule has 2 aromatic rings. The first-order valence-electron chi connectivity index (χ1n) is 8.76. The maximum Gasteiger partial charge on any atom is 0.319 e. The third-order valence-corrected chi connectivity index (χ3v) is 5.01. The van der Waals surface area contributed by atoms with Gasteiger partial charge in [0, 0.05) is 23.8 Å². The summed E-state index contributed by atoms with van der Waals surface area (Å²) in [5, 5.41) is 6.68. The summed E-state index contributed by atoms with van der Waals surface area (Å²) in [7, 11) is 0. The van der Waals surface area contributed by atoms with E-state index in [4.69, 9.17) is 11.6 Å². The van der Waals surface area contributed by atoms with Crippen LogP contribution in [0.5, 0.6) is 0 Å². The Balaban J connectivity index is 1.38. The van der Waals surface area contributed by atoms with Crippen molar-refractivity contribution in [3.05, 3.63) is 65.2 Å². The molecule has 4 nitrogen and oxygen atoms in total. The van der Waals surface area contributed by atoms with Gasteiger partial charge in [0.1, 0.15) is 0 Å². The molecule has 1 saturated heterocycles. The molecule has 0 unspecified atom stereocenters. The number of halogens is 1. The Hall–Kier alpha value is -2.04. The molecule has 0 radical (unpaired) electrons. The normalized spacial score (nSPS) is 15.7. The number of amides is 2. The van der Waals surface area contributed by atoms with Crippen LogP contribution in [-0.2, 0) is 6.54 Å². The highest BCUT2D eigenvalue weighted by Gasteiger charge is 2.20. The summed E-state index contributed by atoms with van der Waals surface area (Å²) in [6.07, 6.45) is 2.19. The highest BCUT2D eigenvalue weighted by molar-refractivity contribution is 6.31. The number of para-hydroxylation sites is 1. The smallest absolute Gasteiger partial charge is 0.319 e. The van der Waals surface area contributed by atoms with Crippen molar-refractivity contribution >= 4 is 23.3 Å². The Labute approximate surface area is 154 Å². The zero-order chi connectivity index (χ0) is 17.5. The Bertz CT molecular complexity index is 684. The zero-order valence-corrected chi connectivity index (χ0v) is 15.0. The molecular formula is C20H24ClN3O. The largest absolute Gasteiger partial charge is 0.338 e. The van der Waals surface area contributed by atoms with Gasteiger partial charge in [-0.3, -0.25) is 4.90 Å². The fraction of sp³-hybridized carbons (Fsp3) is 0.350. The molecule has 25 heavy (non-hydrogen) atoms. The minimum atomic E-state index is -0.135. The molecule has 2 aromatic carbocycles. The van der Waals surface area contributed by atoms with Crippen LogP contribution in [-0.4, -0.2) is 30.6 Å². The summed E-state index contributed by atoms with van der Waals surface area (Å²) in [4.78, 5) is 14.4. The summed E-state index contributed by atoms with van der Waals surface area (Å²) in [6, 6.07) is 17.4. The second-order valence-electron chi connectivity index (χ2n) is 6.51. The van der Waals surface area contributed by atoms with E-state index in [0.29, 0.717) is 5.92 Å². The van der Waals surface area contributed by atoms with Gasteiger partial charge in [0.05, 0.1) is 0 Å². The Morgan fingerprint density at radius 2 is 1.72 bits per heavy atom. The predicted octanol–water partition coefficient (Wildman–Crippen LogP) is 4.37. The van der Waals surface area contributed by atoms with Gasteiger partial charge in [-0.1, -0.05) is 48.0 Å². The first kappa shape index (κ1) is 17.8. The van der Waals surface area contributed by atoms with Gasteiger partial charge in [-0.2, -0.15) is 0 Å². The summed E-state index contributed by atoms with van der Waals surface area (Å²) in [5.41, 5.74) is 2.00. The lowest BCUT2D eigenvalue weighted by Crippen LogP contribution is -2.39. The standard InChI is InChI=1S/C20H24ClN3O/c21-19-9-5-4-6-17(19)15-24-12-10-16(11-13-24)14-22-20(25)23-18-7-2-1-3-8-18/h1-9,16H,10-15H2,(H2,22,23,25). The summed E-state index contributed by atoms with van der Waals surface area (Å²) in [6.45, 7) is 3.70. The number of rotatable bonds is 5. The highest BCUT2D eigenvalue weighted by atomic mass is 35.5. The lowest BCUT2D eigenvalue weighted by atomic mass is 9.96. The maximum absolute atomic E-state index is 12.0. The summed E-state index contributed by atoms with van der Waals surface area (Å²) >= 11 is 6.24. The molecule has 1 aliphatic heterocycles. The van der Waals surface area contributed by atoms with Gasteiger partial charge in [0.25, 0.3) is 0 Å². The topological polar surface area (TPSA) is 44.4 Å². The van der Waals surface area contributed by atoms with Crippen molar-refractivity contribution < 1.29 is 4.79 Å². The van der Waals surface area contributed by atoms with Crippen LogP contribution in [0.1, 0.15) is 18.4 Å². The third kappa shape index (κ3) is 5.48. The number of carbonyl (C=O) groups excluding carboxylic acids is 1. The maximum atomic E-state index is 12.0. The van der Waals surface area contributed by atoms with Crippen molar-refractivity contribution in [2.45, 2.75) is 19.4 Å². The Morgan fingerprint density at radius 1 is 1.04 bits per heavy atom. The predicted molar refractivity (Wildman–Crippen MR) is 103 cm³/mol. The number of urea groups is 1. The van der Waals surface area contributed by atoms with E-state index in [1.807, 2.05) is 48.5 Å². The number of nitrogens with one attached hydrogen (secondary N) is 2. The van der Waals surface area contributed by atoms with Crippen LogP contribution in [0, 0.1) is 5.92 Å². The molecule has 2 N–H and O–H groups in total. The molecule has 2 amide bonds. The van der Waals surface area contributed by atoms with Crippen LogP contribution in [0.2, 0.25) is 5.02 Å². The number of anilines is 1. The van der Waals surface area contributed by atoms with Crippen LogP contribution in [0.3, 0.4) is 0 Å². The van der Waals surface area contributed by atoms with E-state index in [0.717, 1.165) is 49.7 Å². The Morgan fingerprint density at radius 3 is 2.44 bits per heavy atom. The highest BCUT2D eigenvalue weighted by Crippen LogP contribution is 2.22. The summed E-state index contributed by atoms with van der Waals surface area (Å²) in [5.74, 6) is 0.531. The lowest BCUT2D eigenvalue weighted by Gasteiger charge is -2.32. The molecule has 0 atom stereocenters. The molecule has 0 aromatic heterocycles. The quantitative estimate of drug-likeness (QED) is 0.834. The molecule has 5 heteroatoms. The number of likely N-dealkylation sites (tertiary alicyclic amines) is 1. The van der Waals surface area contributed by atoms with Crippen molar-refractivity contribution in [3.8, 4) is 0 Å². The molecule has 3 rings (SSSR count). The van der Waals surface area contributed by atoms with E-state index in [-0.39, 0.29) is 6.03 Å². The average Bonchev–Trinajstić information content (AvgIpc) is 2.64. The van der Waals surface area contributed by atoms with Gasteiger partial charge in [0.2, 0.25) is 0 Å². The number of benzene rings is 2. The average molecular weight is 358 g/mol. The number of hydrogen-bond donors (Lipinski definition) is 2. The van der Waals surface area contributed by atoms with E-state index in [9.17, 15) is 4.79 Å².